The summed E-state index contributed by atoms with van der Waals surface area (Å²) >= 11 is 8.41. The van der Waals surface area contributed by atoms with Crippen LogP contribution in [-0.4, -0.2) is 4.98 Å². The maximum Gasteiger partial charge on any atom is 0.0861 e. The van der Waals surface area contributed by atoms with Gasteiger partial charge in [0.15, 0.2) is 0 Å². The predicted octanol–water partition coefficient (Wildman–Crippen LogP) is 3.66. The SMILES string of the molecule is NNc1c2c(nc3c(I)cc(Cl)cc13)CCCC2. The molecule has 5 heteroatoms. The van der Waals surface area contributed by atoms with E-state index in [-0.39, 0.29) is 0 Å². The highest BCUT2D eigenvalue weighted by atomic mass is 127. The number of halogens is 2. The smallest absolute Gasteiger partial charge is 0.0861 e. The number of hydrazine groups is 1. The molecule has 0 radical (unpaired) electrons. The molecule has 3 nitrogen and oxygen atoms in total. The van der Waals surface area contributed by atoms with Gasteiger partial charge in [-0.15, -0.1) is 0 Å². The first-order valence-corrected chi connectivity index (χ1v) is 7.43. The van der Waals surface area contributed by atoms with Gasteiger partial charge in [-0.1, -0.05) is 11.6 Å². The van der Waals surface area contributed by atoms with Crippen molar-refractivity contribution in [2.75, 3.05) is 5.43 Å². The zero-order valence-electron chi connectivity index (χ0n) is 9.76. The summed E-state index contributed by atoms with van der Waals surface area (Å²) in [5.74, 6) is 5.72. The number of hydrogen-bond donors (Lipinski definition) is 2. The van der Waals surface area contributed by atoms with Crippen molar-refractivity contribution in [2.45, 2.75) is 25.7 Å². The highest BCUT2D eigenvalue weighted by Gasteiger charge is 2.19. The standard InChI is InChI=1S/C13H13ClIN3/c14-7-5-9-12(18-16)8-3-1-2-4-11(8)17-13(9)10(15)6-7/h5-6H,1-4,16H2,(H,17,18). The van der Waals surface area contributed by atoms with Crippen molar-refractivity contribution in [3.05, 3.63) is 32.0 Å². The summed E-state index contributed by atoms with van der Waals surface area (Å²) in [5, 5.41) is 1.75. The van der Waals surface area contributed by atoms with Gasteiger partial charge in [-0.3, -0.25) is 10.8 Å². The van der Waals surface area contributed by atoms with Gasteiger partial charge in [0.2, 0.25) is 0 Å². The number of aryl methyl sites for hydroxylation is 1. The molecule has 1 aromatic carbocycles. The number of fused-ring (bicyclic) bond motifs is 2. The minimum Gasteiger partial charge on any atom is -0.323 e. The number of nitrogen functional groups attached to an aromatic ring is 1. The lowest BCUT2D eigenvalue weighted by molar-refractivity contribution is 0.672. The third kappa shape index (κ3) is 1.96. The Morgan fingerprint density at radius 2 is 2.06 bits per heavy atom. The minimum atomic E-state index is 0.723. The highest BCUT2D eigenvalue weighted by molar-refractivity contribution is 14.1. The summed E-state index contributed by atoms with van der Waals surface area (Å²) in [6.07, 6.45) is 4.49. The number of rotatable bonds is 1. The van der Waals surface area contributed by atoms with Gasteiger partial charge >= 0.3 is 0 Å². The number of anilines is 1. The molecule has 18 heavy (non-hydrogen) atoms. The number of hydrogen-bond acceptors (Lipinski definition) is 3. The molecule has 0 fully saturated rings. The molecule has 0 saturated heterocycles. The van der Waals surface area contributed by atoms with Crippen molar-refractivity contribution >= 4 is 50.8 Å². The van der Waals surface area contributed by atoms with Crippen LogP contribution in [0.25, 0.3) is 10.9 Å². The maximum absolute atomic E-state index is 6.13. The van der Waals surface area contributed by atoms with E-state index < -0.39 is 0 Å². The van der Waals surface area contributed by atoms with Crippen molar-refractivity contribution in [1.82, 2.24) is 4.98 Å². The molecular weight excluding hydrogens is 361 g/mol. The fourth-order valence-electron chi connectivity index (χ4n) is 2.61. The second-order valence-corrected chi connectivity index (χ2v) is 6.15. The monoisotopic (exact) mass is 373 g/mol. The fourth-order valence-corrected chi connectivity index (χ4v) is 3.76. The molecule has 0 atom stereocenters. The molecule has 0 amide bonds. The summed E-state index contributed by atoms with van der Waals surface area (Å²) in [6.45, 7) is 0. The Bertz CT molecular complexity index is 627. The molecule has 1 aliphatic rings. The fraction of sp³-hybridized carbons (Fsp3) is 0.308. The van der Waals surface area contributed by atoms with E-state index in [9.17, 15) is 0 Å². The average Bonchev–Trinajstić information content (AvgIpc) is 2.36. The van der Waals surface area contributed by atoms with Gasteiger partial charge < -0.3 is 5.43 Å². The molecule has 94 valence electrons. The van der Waals surface area contributed by atoms with E-state index in [4.69, 9.17) is 22.4 Å². The van der Waals surface area contributed by atoms with Crippen LogP contribution < -0.4 is 11.3 Å². The Kier molecular flexibility index (Phi) is 3.34. The van der Waals surface area contributed by atoms with E-state index in [1.807, 2.05) is 12.1 Å². The van der Waals surface area contributed by atoms with Crippen molar-refractivity contribution < 1.29 is 0 Å². The van der Waals surface area contributed by atoms with Crippen LogP contribution >= 0.6 is 34.2 Å². The molecule has 1 aromatic heterocycles. The normalized spacial score (nSPS) is 14.6. The van der Waals surface area contributed by atoms with Gasteiger partial charge in [0.25, 0.3) is 0 Å². The van der Waals surface area contributed by atoms with Crippen LogP contribution in [0, 0.1) is 3.57 Å². The first-order valence-electron chi connectivity index (χ1n) is 5.98. The summed E-state index contributed by atoms with van der Waals surface area (Å²) in [5.41, 5.74) is 7.28. The second kappa shape index (κ2) is 4.83. The molecular formula is C13H13ClIN3. The van der Waals surface area contributed by atoms with Gasteiger partial charge in [0, 0.05) is 19.7 Å². The van der Waals surface area contributed by atoms with Crippen molar-refractivity contribution in [3.8, 4) is 0 Å². The van der Waals surface area contributed by atoms with E-state index in [0.717, 1.165) is 38.0 Å². The number of nitrogens with one attached hydrogen (secondary N) is 1. The van der Waals surface area contributed by atoms with Gasteiger partial charge in [-0.25, -0.2) is 0 Å². The lowest BCUT2D eigenvalue weighted by Gasteiger charge is -2.20. The van der Waals surface area contributed by atoms with E-state index in [2.05, 4.69) is 28.0 Å². The molecule has 3 N–H and O–H groups in total. The van der Waals surface area contributed by atoms with Crippen LogP contribution in [0.4, 0.5) is 5.69 Å². The Morgan fingerprint density at radius 3 is 2.83 bits per heavy atom. The summed E-state index contributed by atoms with van der Waals surface area (Å²) in [7, 11) is 0. The molecule has 1 heterocycles. The number of aromatic nitrogens is 1. The molecule has 0 bridgehead atoms. The van der Waals surface area contributed by atoms with Crippen LogP contribution in [-0.2, 0) is 12.8 Å². The minimum absolute atomic E-state index is 0.723. The average molecular weight is 374 g/mol. The second-order valence-electron chi connectivity index (χ2n) is 4.55. The van der Waals surface area contributed by atoms with Crippen molar-refractivity contribution in [2.24, 2.45) is 5.84 Å². The van der Waals surface area contributed by atoms with Gasteiger partial charge in [-0.05, 0) is 66.0 Å². The Labute approximate surface area is 124 Å². The Hall–Kier alpha value is -0.590. The summed E-state index contributed by atoms with van der Waals surface area (Å²) in [4.78, 5) is 4.80. The zero-order valence-corrected chi connectivity index (χ0v) is 12.7. The largest absolute Gasteiger partial charge is 0.323 e. The zero-order chi connectivity index (χ0) is 12.7. The van der Waals surface area contributed by atoms with Crippen LogP contribution in [0.15, 0.2) is 12.1 Å². The van der Waals surface area contributed by atoms with E-state index in [1.54, 1.807) is 0 Å². The van der Waals surface area contributed by atoms with E-state index in [0.29, 0.717) is 0 Å². The first-order chi connectivity index (χ1) is 8.70. The lowest BCUT2D eigenvalue weighted by atomic mass is 9.93. The number of benzene rings is 1. The third-order valence-corrected chi connectivity index (χ3v) is 4.47. The van der Waals surface area contributed by atoms with Crippen molar-refractivity contribution in [3.63, 3.8) is 0 Å². The molecule has 0 saturated carbocycles. The molecule has 0 unspecified atom stereocenters. The van der Waals surface area contributed by atoms with E-state index >= 15 is 0 Å². The van der Waals surface area contributed by atoms with Crippen molar-refractivity contribution in [1.29, 1.82) is 0 Å². The predicted molar refractivity (Wildman–Crippen MR) is 83.9 cm³/mol. The van der Waals surface area contributed by atoms with Crippen LogP contribution in [0.1, 0.15) is 24.1 Å². The quantitative estimate of drug-likeness (QED) is 0.456. The highest BCUT2D eigenvalue weighted by Crippen LogP contribution is 2.35. The molecule has 0 spiro atoms. The number of pyridine rings is 1. The molecule has 3 rings (SSSR count). The van der Waals surface area contributed by atoms with Gasteiger partial charge in [0.05, 0.1) is 11.2 Å². The number of nitrogens with zero attached hydrogens (tertiary/aromatic N) is 1. The summed E-state index contributed by atoms with van der Waals surface area (Å²) in [6, 6.07) is 3.88. The topological polar surface area (TPSA) is 50.9 Å². The van der Waals surface area contributed by atoms with Crippen LogP contribution in [0.2, 0.25) is 5.02 Å². The Balaban J connectivity index is 2.40. The maximum atomic E-state index is 6.13. The van der Waals surface area contributed by atoms with E-state index in [1.165, 1.54) is 24.1 Å². The third-order valence-electron chi connectivity index (χ3n) is 3.43. The van der Waals surface area contributed by atoms with Gasteiger partial charge in [0.1, 0.15) is 0 Å². The lowest BCUT2D eigenvalue weighted by Crippen LogP contribution is -2.15. The summed E-state index contributed by atoms with van der Waals surface area (Å²) < 4.78 is 1.07. The van der Waals surface area contributed by atoms with Crippen LogP contribution in [0.5, 0.6) is 0 Å². The molecule has 1 aliphatic carbocycles. The molecule has 2 aromatic rings. The number of nitrogens with two attached hydrogens (primary N) is 1. The van der Waals surface area contributed by atoms with Gasteiger partial charge in [-0.2, -0.15) is 0 Å². The van der Waals surface area contributed by atoms with Crippen LogP contribution in [0.3, 0.4) is 0 Å². The first kappa shape index (κ1) is 12.4. The molecule has 0 aliphatic heterocycles. The Morgan fingerprint density at radius 1 is 1.28 bits per heavy atom.